The van der Waals surface area contributed by atoms with Gasteiger partial charge in [0.05, 0.1) is 5.39 Å². The highest BCUT2D eigenvalue weighted by atomic mass is 79.9. The number of nitrogens with zero attached hydrogens (tertiary/aromatic N) is 1. The van der Waals surface area contributed by atoms with Crippen LogP contribution in [-0.2, 0) is 0 Å². The third kappa shape index (κ3) is 1.22. The van der Waals surface area contributed by atoms with Crippen molar-refractivity contribution in [2.75, 3.05) is 0 Å². The second-order valence-electron chi connectivity index (χ2n) is 2.63. The van der Waals surface area contributed by atoms with Crippen LogP contribution in [0.25, 0.3) is 10.9 Å². The van der Waals surface area contributed by atoms with Crippen LogP contribution in [0.15, 0.2) is 21.5 Å². The molecule has 0 aliphatic rings. The Morgan fingerprint density at radius 2 is 2.07 bits per heavy atom. The molecular formula is C8H3BrF2N2O. The summed E-state index contributed by atoms with van der Waals surface area (Å²) in [4.78, 5) is 11.4. The molecule has 14 heavy (non-hydrogen) atoms. The molecule has 0 bridgehead atoms. The number of hydrogen-bond donors (Lipinski definition) is 1. The summed E-state index contributed by atoms with van der Waals surface area (Å²) in [5, 5.41) is 5.80. The molecule has 0 fully saturated rings. The Morgan fingerprint density at radius 3 is 2.79 bits per heavy atom. The topological polar surface area (TPSA) is 45.8 Å². The molecule has 72 valence electrons. The molecule has 2 rings (SSSR count). The van der Waals surface area contributed by atoms with Gasteiger partial charge in [-0.05, 0) is 28.1 Å². The summed E-state index contributed by atoms with van der Waals surface area (Å²) in [6.07, 6.45) is 0. The Bertz CT molecular complexity index is 567. The molecule has 1 N–H and O–H groups in total. The number of rotatable bonds is 0. The van der Waals surface area contributed by atoms with Crippen molar-refractivity contribution in [2.24, 2.45) is 0 Å². The van der Waals surface area contributed by atoms with Gasteiger partial charge in [-0.3, -0.25) is 9.89 Å². The third-order valence-corrected chi connectivity index (χ3v) is 2.33. The Labute approximate surface area is 84.9 Å². The summed E-state index contributed by atoms with van der Waals surface area (Å²) >= 11 is 2.89. The van der Waals surface area contributed by atoms with Crippen molar-refractivity contribution in [3.05, 3.63) is 38.6 Å². The quantitative estimate of drug-likeness (QED) is 0.787. The summed E-state index contributed by atoms with van der Waals surface area (Å²) in [6.45, 7) is 0. The van der Waals surface area contributed by atoms with E-state index in [1.807, 2.05) is 0 Å². The van der Waals surface area contributed by atoms with Crippen molar-refractivity contribution in [2.45, 2.75) is 0 Å². The van der Waals surface area contributed by atoms with Crippen LogP contribution in [0.2, 0.25) is 0 Å². The van der Waals surface area contributed by atoms with E-state index in [2.05, 4.69) is 26.1 Å². The molecule has 0 amide bonds. The van der Waals surface area contributed by atoms with Gasteiger partial charge in [-0.15, -0.1) is 0 Å². The molecule has 3 nitrogen and oxygen atoms in total. The smallest absolute Gasteiger partial charge is 0.222 e. The lowest BCUT2D eigenvalue weighted by Gasteiger charge is -1.99. The van der Waals surface area contributed by atoms with Crippen LogP contribution in [0.5, 0.6) is 0 Å². The zero-order chi connectivity index (χ0) is 10.3. The van der Waals surface area contributed by atoms with Crippen LogP contribution in [0, 0.1) is 11.6 Å². The molecule has 1 heterocycles. The highest BCUT2D eigenvalue weighted by molar-refractivity contribution is 9.10. The number of fused-ring (bicyclic) bond motifs is 1. The van der Waals surface area contributed by atoms with Gasteiger partial charge in [0.1, 0.15) is 5.52 Å². The van der Waals surface area contributed by atoms with Gasteiger partial charge in [-0.1, -0.05) is 0 Å². The molecule has 1 aromatic heterocycles. The lowest BCUT2D eigenvalue weighted by Crippen LogP contribution is -2.08. The molecule has 0 saturated carbocycles. The van der Waals surface area contributed by atoms with Crippen molar-refractivity contribution in [3.63, 3.8) is 0 Å². The van der Waals surface area contributed by atoms with Crippen molar-refractivity contribution in [1.29, 1.82) is 0 Å². The highest BCUT2D eigenvalue weighted by Crippen LogP contribution is 2.15. The highest BCUT2D eigenvalue weighted by Gasteiger charge is 2.11. The largest absolute Gasteiger partial charge is 0.286 e. The van der Waals surface area contributed by atoms with Crippen molar-refractivity contribution < 1.29 is 8.78 Å². The average molecular weight is 261 g/mol. The lowest BCUT2D eigenvalue weighted by molar-refractivity contribution is 0.514. The molecule has 0 aliphatic heterocycles. The van der Waals surface area contributed by atoms with Gasteiger partial charge in [0.25, 0.3) is 0 Å². The van der Waals surface area contributed by atoms with Crippen LogP contribution in [-0.4, -0.2) is 10.2 Å². The maximum Gasteiger partial charge on any atom is 0.222 e. The zero-order valence-corrected chi connectivity index (χ0v) is 8.23. The number of benzene rings is 1. The maximum atomic E-state index is 13.1. The van der Waals surface area contributed by atoms with Gasteiger partial charge in [-0.25, -0.2) is 8.78 Å². The minimum absolute atomic E-state index is 0.0380. The first-order valence-electron chi connectivity index (χ1n) is 3.63. The Hall–Kier alpha value is -1.30. The minimum atomic E-state index is -1.10. The van der Waals surface area contributed by atoms with Crippen LogP contribution in [0.4, 0.5) is 8.78 Å². The van der Waals surface area contributed by atoms with E-state index in [0.29, 0.717) is 0 Å². The number of H-pyrrole nitrogens is 1. The van der Waals surface area contributed by atoms with E-state index in [4.69, 9.17) is 0 Å². The van der Waals surface area contributed by atoms with E-state index in [1.54, 1.807) is 0 Å². The van der Waals surface area contributed by atoms with E-state index in [1.165, 1.54) is 6.07 Å². The van der Waals surface area contributed by atoms with Crippen molar-refractivity contribution in [1.82, 2.24) is 10.2 Å². The number of hydrogen-bond acceptors (Lipinski definition) is 2. The van der Waals surface area contributed by atoms with Gasteiger partial charge < -0.3 is 0 Å². The summed E-state index contributed by atoms with van der Waals surface area (Å²) < 4.78 is 25.9. The predicted molar refractivity (Wildman–Crippen MR) is 50.0 cm³/mol. The van der Waals surface area contributed by atoms with Gasteiger partial charge >= 0.3 is 0 Å². The molecule has 0 spiro atoms. The minimum Gasteiger partial charge on any atom is -0.286 e. The van der Waals surface area contributed by atoms with Gasteiger partial charge in [0.2, 0.25) is 5.43 Å². The van der Waals surface area contributed by atoms with Gasteiger partial charge in [0.15, 0.2) is 16.2 Å². The number of aromatic amines is 1. The van der Waals surface area contributed by atoms with E-state index in [9.17, 15) is 13.6 Å². The molecule has 1 aromatic carbocycles. The first kappa shape index (κ1) is 9.26. The van der Waals surface area contributed by atoms with Crippen LogP contribution < -0.4 is 5.43 Å². The maximum absolute atomic E-state index is 13.1. The molecular weight excluding hydrogens is 258 g/mol. The van der Waals surface area contributed by atoms with Crippen molar-refractivity contribution in [3.8, 4) is 0 Å². The Kier molecular flexibility index (Phi) is 2.07. The summed E-state index contributed by atoms with van der Waals surface area (Å²) in [5.74, 6) is -2.11. The standard InChI is InChI=1S/C8H3BrF2N2O/c9-8-7(14)3-1-2-4(10)5(11)6(3)12-13-8/h1-2H,(H,12,14). The first-order valence-corrected chi connectivity index (χ1v) is 4.42. The first-order chi connectivity index (χ1) is 6.61. The molecule has 0 aliphatic carbocycles. The fourth-order valence-corrected chi connectivity index (χ4v) is 1.42. The van der Waals surface area contributed by atoms with Gasteiger partial charge in [0, 0.05) is 0 Å². The second-order valence-corrected chi connectivity index (χ2v) is 3.38. The van der Waals surface area contributed by atoms with Crippen LogP contribution in [0.3, 0.4) is 0 Å². The predicted octanol–water partition coefficient (Wildman–Crippen LogP) is 1.96. The van der Waals surface area contributed by atoms with Crippen molar-refractivity contribution >= 4 is 26.8 Å². The summed E-state index contributed by atoms with van der Waals surface area (Å²) in [7, 11) is 0. The number of halogens is 3. The summed E-state index contributed by atoms with van der Waals surface area (Å²) in [6, 6.07) is 2.11. The average Bonchev–Trinajstić information content (AvgIpc) is 2.17. The molecule has 0 unspecified atom stereocenters. The van der Waals surface area contributed by atoms with E-state index < -0.39 is 17.1 Å². The van der Waals surface area contributed by atoms with Crippen LogP contribution in [0.1, 0.15) is 0 Å². The monoisotopic (exact) mass is 260 g/mol. The molecule has 0 atom stereocenters. The fourth-order valence-electron chi connectivity index (χ4n) is 1.12. The third-order valence-electron chi connectivity index (χ3n) is 1.79. The zero-order valence-electron chi connectivity index (χ0n) is 6.64. The Morgan fingerprint density at radius 1 is 1.36 bits per heavy atom. The Balaban J connectivity index is 3.02. The van der Waals surface area contributed by atoms with E-state index in [-0.39, 0.29) is 15.5 Å². The molecule has 2 aromatic rings. The molecule has 0 radical (unpaired) electrons. The number of aromatic nitrogens is 2. The fraction of sp³-hybridized carbons (Fsp3) is 0. The second kappa shape index (κ2) is 3.13. The normalized spacial score (nSPS) is 10.8. The van der Waals surface area contributed by atoms with Crippen LogP contribution >= 0.6 is 15.9 Å². The van der Waals surface area contributed by atoms with E-state index in [0.717, 1.165) is 6.07 Å². The molecule has 0 saturated heterocycles. The van der Waals surface area contributed by atoms with Gasteiger partial charge in [-0.2, -0.15) is 5.10 Å². The van der Waals surface area contributed by atoms with E-state index >= 15 is 0 Å². The summed E-state index contributed by atoms with van der Waals surface area (Å²) in [5.41, 5.74) is -0.698. The molecule has 6 heteroatoms. The number of nitrogens with one attached hydrogen (secondary N) is 1. The lowest BCUT2D eigenvalue weighted by atomic mass is 10.2. The SMILES string of the molecule is O=c1c(Br)n[nH]c2c(F)c(F)ccc12.